The Hall–Kier alpha value is -1.05. The zero-order valence-corrected chi connectivity index (χ0v) is 4.69. The van der Waals surface area contributed by atoms with E-state index in [0.29, 0.717) is 0 Å². The highest BCUT2D eigenvalue weighted by atomic mass is 19.1. The number of hydrogen-bond acceptors (Lipinski definition) is 1. The van der Waals surface area contributed by atoms with E-state index >= 15 is 0 Å². The summed E-state index contributed by atoms with van der Waals surface area (Å²) in [6.07, 6.45) is 0. The maximum absolute atomic E-state index is 12.9. The van der Waals surface area contributed by atoms with Crippen molar-refractivity contribution in [3.63, 3.8) is 0 Å². The van der Waals surface area contributed by atoms with Gasteiger partial charge in [-0.05, 0) is 30.6 Å². The Morgan fingerprint density at radius 3 is 3.00 bits per heavy atom. The quantitative estimate of drug-likeness (QED) is 0.529. The van der Waals surface area contributed by atoms with Crippen molar-refractivity contribution in [1.82, 2.24) is 0 Å². The van der Waals surface area contributed by atoms with E-state index in [1.165, 1.54) is 6.07 Å². The molecule has 0 bridgehead atoms. The fraction of sp³-hybridized carbons (Fsp3) is 0.143. The average Bonchev–Trinajstić information content (AvgIpc) is 1.92. The minimum Gasteiger partial charge on any atom is -0.399 e. The molecule has 0 heterocycles. The SMILES string of the molecule is [2H]C([2H])([2H])c1cc(N)ccc1F. The van der Waals surface area contributed by atoms with Crippen molar-refractivity contribution in [2.75, 3.05) is 5.73 Å². The Morgan fingerprint density at radius 2 is 2.44 bits per heavy atom. The molecule has 0 unspecified atom stereocenters. The number of anilines is 1. The van der Waals surface area contributed by atoms with Gasteiger partial charge in [-0.25, -0.2) is 4.39 Å². The number of benzene rings is 1. The largest absolute Gasteiger partial charge is 0.399 e. The van der Waals surface area contributed by atoms with Crippen LogP contribution in [0.3, 0.4) is 0 Å². The third kappa shape index (κ3) is 1.19. The number of halogens is 1. The summed E-state index contributed by atoms with van der Waals surface area (Å²) >= 11 is 0. The molecule has 0 atom stereocenters. The Labute approximate surface area is 57.5 Å². The van der Waals surface area contributed by atoms with Crippen LogP contribution in [-0.2, 0) is 0 Å². The number of nitrogen functional groups attached to an aromatic ring is 1. The van der Waals surface area contributed by atoms with Gasteiger partial charge in [-0.2, -0.15) is 0 Å². The first-order valence-corrected chi connectivity index (χ1v) is 2.47. The summed E-state index contributed by atoms with van der Waals surface area (Å²) in [6, 6.07) is 3.50. The molecule has 0 aliphatic carbocycles. The van der Waals surface area contributed by atoms with Crippen LogP contribution in [0.15, 0.2) is 18.2 Å². The van der Waals surface area contributed by atoms with Gasteiger partial charge in [0.2, 0.25) is 0 Å². The highest BCUT2D eigenvalue weighted by Gasteiger charge is 1.93. The van der Waals surface area contributed by atoms with Gasteiger partial charge in [-0.1, -0.05) is 0 Å². The molecule has 2 heteroatoms. The van der Waals surface area contributed by atoms with Gasteiger partial charge in [-0.3, -0.25) is 0 Å². The summed E-state index contributed by atoms with van der Waals surface area (Å²) in [5, 5.41) is 0. The van der Waals surface area contributed by atoms with Gasteiger partial charge in [0.25, 0.3) is 0 Å². The van der Waals surface area contributed by atoms with Crippen molar-refractivity contribution in [2.24, 2.45) is 0 Å². The van der Waals surface area contributed by atoms with Crippen molar-refractivity contribution in [3.05, 3.63) is 29.6 Å². The molecule has 0 aromatic heterocycles. The van der Waals surface area contributed by atoms with Gasteiger partial charge in [0.15, 0.2) is 0 Å². The lowest BCUT2D eigenvalue weighted by Crippen LogP contribution is -1.87. The van der Waals surface area contributed by atoms with Gasteiger partial charge in [0, 0.05) is 9.80 Å². The molecule has 1 aromatic carbocycles. The molecule has 0 aliphatic rings. The molecule has 0 saturated carbocycles. The Bertz CT molecular complexity index is 295. The van der Waals surface area contributed by atoms with E-state index in [4.69, 9.17) is 9.85 Å². The second kappa shape index (κ2) is 2.05. The molecule has 48 valence electrons. The molecular weight excluding hydrogens is 117 g/mol. The normalized spacial score (nSPS) is 15.9. The van der Waals surface area contributed by atoms with Crippen molar-refractivity contribution in [2.45, 2.75) is 6.85 Å². The fourth-order valence-corrected chi connectivity index (χ4v) is 0.543. The molecule has 0 spiro atoms. The third-order valence-corrected chi connectivity index (χ3v) is 0.990. The minimum absolute atomic E-state index is 0.252. The van der Waals surface area contributed by atoms with E-state index in [2.05, 4.69) is 0 Å². The second-order valence-corrected chi connectivity index (χ2v) is 1.74. The number of rotatable bonds is 0. The van der Waals surface area contributed by atoms with Crippen LogP contribution in [0.1, 0.15) is 9.68 Å². The predicted octanol–water partition coefficient (Wildman–Crippen LogP) is 1.72. The number of hydrogen-bond donors (Lipinski definition) is 1. The van der Waals surface area contributed by atoms with E-state index in [-0.39, 0.29) is 11.3 Å². The average molecular weight is 128 g/mol. The van der Waals surface area contributed by atoms with Gasteiger partial charge in [0.05, 0.1) is 0 Å². The summed E-state index contributed by atoms with van der Waals surface area (Å²) in [6.45, 7) is -2.43. The van der Waals surface area contributed by atoms with Crippen LogP contribution in [0.2, 0.25) is 0 Å². The van der Waals surface area contributed by atoms with Crippen LogP contribution in [0.5, 0.6) is 0 Å². The lowest BCUT2D eigenvalue weighted by Gasteiger charge is -1.95. The van der Waals surface area contributed by atoms with Crippen molar-refractivity contribution in [1.29, 1.82) is 0 Å². The standard InChI is InChI=1S/C7H8FN/c1-5-4-6(9)2-3-7(5)8/h2-4H,9H2,1H3/i1D3. The van der Waals surface area contributed by atoms with Crippen LogP contribution in [0, 0.1) is 12.7 Å². The first-order valence-electron chi connectivity index (χ1n) is 3.97. The van der Waals surface area contributed by atoms with Crippen LogP contribution in [-0.4, -0.2) is 0 Å². The van der Waals surface area contributed by atoms with Gasteiger partial charge in [-0.15, -0.1) is 0 Å². The van der Waals surface area contributed by atoms with E-state index in [1.54, 1.807) is 0 Å². The molecular formula is C7H8FN. The first kappa shape index (κ1) is 3.20. The molecule has 0 radical (unpaired) electrons. The van der Waals surface area contributed by atoms with Crippen LogP contribution in [0.4, 0.5) is 10.1 Å². The van der Waals surface area contributed by atoms with E-state index in [9.17, 15) is 4.39 Å². The molecule has 0 aliphatic heterocycles. The lowest BCUT2D eigenvalue weighted by atomic mass is 10.2. The number of nitrogens with two attached hydrogens (primary N) is 1. The van der Waals surface area contributed by atoms with E-state index in [0.717, 1.165) is 12.1 Å². The Morgan fingerprint density at radius 1 is 1.67 bits per heavy atom. The first-order chi connectivity index (χ1) is 5.41. The van der Waals surface area contributed by atoms with Crippen molar-refractivity contribution in [3.8, 4) is 0 Å². The van der Waals surface area contributed by atoms with Gasteiger partial charge in [0.1, 0.15) is 5.82 Å². The molecule has 0 amide bonds. The fourth-order valence-electron chi connectivity index (χ4n) is 0.543. The molecule has 1 aromatic rings. The van der Waals surface area contributed by atoms with E-state index < -0.39 is 12.7 Å². The zero-order chi connectivity index (χ0) is 9.35. The monoisotopic (exact) mass is 128 g/mol. The Balaban J connectivity index is 3.23. The van der Waals surface area contributed by atoms with Crippen molar-refractivity contribution >= 4 is 5.69 Å². The topological polar surface area (TPSA) is 26.0 Å². The lowest BCUT2D eigenvalue weighted by molar-refractivity contribution is 0.619. The highest BCUT2D eigenvalue weighted by Crippen LogP contribution is 2.09. The summed E-state index contributed by atoms with van der Waals surface area (Å²) in [4.78, 5) is 0. The van der Waals surface area contributed by atoms with Crippen LogP contribution >= 0.6 is 0 Å². The van der Waals surface area contributed by atoms with Gasteiger partial charge < -0.3 is 5.73 Å². The van der Waals surface area contributed by atoms with Crippen LogP contribution < -0.4 is 5.73 Å². The second-order valence-electron chi connectivity index (χ2n) is 1.74. The molecule has 1 nitrogen and oxygen atoms in total. The summed E-state index contributed by atoms with van der Waals surface area (Å²) in [7, 11) is 0. The van der Waals surface area contributed by atoms with Crippen molar-refractivity contribution < 1.29 is 8.50 Å². The van der Waals surface area contributed by atoms with Gasteiger partial charge >= 0.3 is 0 Å². The minimum atomic E-state index is -2.43. The molecule has 2 N–H and O–H groups in total. The Kier molecular flexibility index (Phi) is 0.730. The molecule has 9 heavy (non-hydrogen) atoms. The molecule has 0 fully saturated rings. The summed E-state index contributed by atoms with van der Waals surface area (Å²) in [5.41, 5.74) is 5.23. The zero-order valence-electron chi connectivity index (χ0n) is 7.69. The smallest absolute Gasteiger partial charge is 0.126 e. The van der Waals surface area contributed by atoms with Crippen LogP contribution in [0.25, 0.3) is 0 Å². The maximum Gasteiger partial charge on any atom is 0.126 e. The predicted molar refractivity (Wildman–Crippen MR) is 35.5 cm³/mol. The maximum atomic E-state index is 12.9. The highest BCUT2D eigenvalue weighted by molar-refractivity contribution is 5.40. The summed E-state index contributed by atoms with van der Waals surface area (Å²) < 4.78 is 33.7. The third-order valence-electron chi connectivity index (χ3n) is 0.990. The molecule has 1 rings (SSSR count). The molecule has 0 saturated heterocycles. The summed E-state index contributed by atoms with van der Waals surface area (Å²) in [5.74, 6) is -0.746. The van der Waals surface area contributed by atoms with E-state index in [1.807, 2.05) is 0 Å². The number of aryl methyl sites for hydroxylation is 1.